The highest BCUT2D eigenvalue weighted by Crippen LogP contribution is 2.27. The van der Waals surface area contributed by atoms with Gasteiger partial charge in [-0.25, -0.2) is 4.98 Å². The highest BCUT2D eigenvalue weighted by atomic mass is 32.1. The van der Waals surface area contributed by atoms with Crippen LogP contribution in [0.2, 0.25) is 0 Å². The Bertz CT molecular complexity index is 1070. The van der Waals surface area contributed by atoms with Gasteiger partial charge in [-0.3, -0.25) is 10.1 Å². The number of hydrogen-bond donors (Lipinski definition) is 1. The van der Waals surface area contributed by atoms with Gasteiger partial charge in [0.05, 0.1) is 12.3 Å². The molecule has 4 rings (SSSR count). The first-order valence-corrected chi connectivity index (χ1v) is 9.63. The fraction of sp³-hybridized carbons (Fsp3) is 0.0952. The summed E-state index contributed by atoms with van der Waals surface area (Å²) >= 11 is 1.35. The maximum absolute atomic E-state index is 12.4. The molecule has 1 N–H and O–H groups in total. The molecule has 0 aliphatic carbocycles. The second-order valence-corrected chi connectivity index (χ2v) is 6.75. The van der Waals surface area contributed by atoms with Crippen molar-refractivity contribution in [3.8, 4) is 28.3 Å². The summed E-state index contributed by atoms with van der Waals surface area (Å²) in [5.74, 6) is 0.563. The standard InChI is InChI=1S/C21H17N3O3S/c1-2-26-16-10-8-15(9-11-16)18-13-28-21(22-18)23-20(25)19-12-17(24-27-19)14-6-4-3-5-7-14/h3-13H,2H2,1H3,(H,22,23,25). The van der Waals surface area contributed by atoms with Crippen LogP contribution in [0.25, 0.3) is 22.5 Å². The molecular formula is C21H17N3O3S. The van der Waals surface area contributed by atoms with E-state index in [1.807, 2.05) is 66.9 Å². The lowest BCUT2D eigenvalue weighted by Crippen LogP contribution is -2.10. The highest BCUT2D eigenvalue weighted by Gasteiger charge is 2.16. The minimum atomic E-state index is -0.387. The molecule has 2 heterocycles. The van der Waals surface area contributed by atoms with Gasteiger partial charge < -0.3 is 9.26 Å². The Morgan fingerprint density at radius 1 is 1.07 bits per heavy atom. The SMILES string of the molecule is CCOc1ccc(-c2csc(NC(=O)c3cc(-c4ccccc4)no3)n2)cc1. The minimum Gasteiger partial charge on any atom is -0.494 e. The zero-order valence-electron chi connectivity index (χ0n) is 15.1. The fourth-order valence-electron chi connectivity index (χ4n) is 2.64. The summed E-state index contributed by atoms with van der Waals surface area (Å²) in [4.78, 5) is 16.9. The van der Waals surface area contributed by atoms with Crippen LogP contribution < -0.4 is 10.1 Å². The number of ether oxygens (including phenoxy) is 1. The molecule has 6 nitrogen and oxygen atoms in total. The van der Waals surface area contributed by atoms with Gasteiger partial charge in [0, 0.05) is 22.6 Å². The van der Waals surface area contributed by atoms with Gasteiger partial charge in [0.15, 0.2) is 5.13 Å². The molecule has 4 aromatic rings. The Kier molecular flexibility index (Phi) is 5.16. The van der Waals surface area contributed by atoms with Crippen molar-refractivity contribution in [2.24, 2.45) is 0 Å². The summed E-state index contributed by atoms with van der Waals surface area (Å²) in [6, 6.07) is 18.8. The summed E-state index contributed by atoms with van der Waals surface area (Å²) in [5, 5.41) is 9.10. The number of anilines is 1. The predicted octanol–water partition coefficient (Wildman–Crippen LogP) is 5.12. The summed E-state index contributed by atoms with van der Waals surface area (Å²) in [6.45, 7) is 2.57. The number of nitrogens with zero attached hydrogens (tertiary/aromatic N) is 2. The molecule has 0 aliphatic rings. The van der Waals surface area contributed by atoms with Gasteiger partial charge in [0.1, 0.15) is 11.4 Å². The lowest BCUT2D eigenvalue weighted by Gasteiger charge is -2.03. The number of rotatable bonds is 6. The van der Waals surface area contributed by atoms with Crippen LogP contribution in [0.15, 0.2) is 70.6 Å². The number of hydrogen-bond acceptors (Lipinski definition) is 6. The molecule has 140 valence electrons. The van der Waals surface area contributed by atoms with Crippen LogP contribution in [-0.4, -0.2) is 22.7 Å². The zero-order chi connectivity index (χ0) is 19.3. The van der Waals surface area contributed by atoms with E-state index in [0.29, 0.717) is 17.4 Å². The Balaban J connectivity index is 1.45. The maximum Gasteiger partial charge on any atom is 0.296 e. The first kappa shape index (κ1) is 17.9. The molecule has 0 aliphatic heterocycles. The molecular weight excluding hydrogens is 374 g/mol. The van der Waals surface area contributed by atoms with Gasteiger partial charge >= 0.3 is 0 Å². The zero-order valence-corrected chi connectivity index (χ0v) is 15.9. The second kappa shape index (κ2) is 8.06. The van der Waals surface area contributed by atoms with E-state index >= 15 is 0 Å². The molecule has 7 heteroatoms. The van der Waals surface area contributed by atoms with Crippen molar-refractivity contribution < 1.29 is 14.1 Å². The highest BCUT2D eigenvalue weighted by molar-refractivity contribution is 7.14. The molecule has 0 unspecified atom stereocenters. The molecule has 0 saturated heterocycles. The number of aromatic nitrogens is 2. The topological polar surface area (TPSA) is 77.2 Å². The Hall–Kier alpha value is -3.45. The van der Waals surface area contributed by atoms with Crippen molar-refractivity contribution in [2.45, 2.75) is 6.92 Å². The molecule has 2 aromatic carbocycles. The number of thiazole rings is 1. The second-order valence-electron chi connectivity index (χ2n) is 5.89. The molecule has 0 bridgehead atoms. The van der Waals surface area contributed by atoms with Gasteiger partial charge in [0.25, 0.3) is 5.91 Å². The molecule has 2 aromatic heterocycles. The number of benzene rings is 2. The van der Waals surface area contributed by atoms with E-state index in [2.05, 4.69) is 15.5 Å². The first-order chi connectivity index (χ1) is 13.7. The molecule has 0 fully saturated rings. The number of carbonyl (C=O) groups is 1. The molecule has 0 spiro atoms. The number of carbonyl (C=O) groups excluding carboxylic acids is 1. The largest absolute Gasteiger partial charge is 0.494 e. The van der Waals surface area contributed by atoms with Crippen molar-refractivity contribution in [2.75, 3.05) is 11.9 Å². The van der Waals surface area contributed by atoms with Crippen LogP contribution in [-0.2, 0) is 0 Å². The van der Waals surface area contributed by atoms with Crippen molar-refractivity contribution in [1.82, 2.24) is 10.1 Å². The van der Waals surface area contributed by atoms with E-state index in [-0.39, 0.29) is 11.7 Å². The van der Waals surface area contributed by atoms with Crippen LogP contribution >= 0.6 is 11.3 Å². The lowest BCUT2D eigenvalue weighted by atomic mass is 10.1. The molecule has 0 radical (unpaired) electrons. The summed E-state index contributed by atoms with van der Waals surface area (Å²) in [7, 11) is 0. The third-order valence-electron chi connectivity index (χ3n) is 3.99. The minimum absolute atomic E-state index is 0.136. The van der Waals surface area contributed by atoms with Crippen molar-refractivity contribution in [3.63, 3.8) is 0 Å². The number of nitrogens with one attached hydrogen (secondary N) is 1. The summed E-state index contributed by atoms with van der Waals surface area (Å²) in [6.07, 6.45) is 0. The van der Waals surface area contributed by atoms with E-state index in [9.17, 15) is 4.79 Å². The van der Waals surface area contributed by atoms with Gasteiger partial charge in [-0.15, -0.1) is 11.3 Å². The van der Waals surface area contributed by atoms with Crippen LogP contribution in [0.3, 0.4) is 0 Å². The average molecular weight is 391 g/mol. The maximum atomic E-state index is 12.4. The van der Waals surface area contributed by atoms with Crippen LogP contribution in [0.4, 0.5) is 5.13 Å². The fourth-order valence-corrected chi connectivity index (χ4v) is 3.35. The normalized spacial score (nSPS) is 10.6. The molecule has 0 saturated carbocycles. The third kappa shape index (κ3) is 3.94. The van der Waals surface area contributed by atoms with Gasteiger partial charge in [-0.05, 0) is 31.2 Å². The quantitative estimate of drug-likeness (QED) is 0.494. The molecule has 0 atom stereocenters. The molecule has 1 amide bonds. The Labute approximate surface area is 165 Å². The molecule has 28 heavy (non-hydrogen) atoms. The van der Waals surface area contributed by atoms with E-state index in [4.69, 9.17) is 9.26 Å². The van der Waals surface area contributed by atoms with E-state index in [1.165, 1.54) is 11.3 Å². The first-order valence-electron chi connectivity index (χ1n) is 8.75. The van der Waals surface area contributed by atoms with Crippen molar-refractivity contribution in [3.05, 3.63) is 71.8 Å². The van der Waals surface area contributed by atoms with Crippen molar-refractivity contribution in [1.29, 1.82) is 0 Å². The average Bonchev–Trinajstić information content (AvgIpc) is 3.39. The smallest absolute Gasteiger partial charge is 0.296 e. The lowest BCUT2D eigenvalue weighted by molar-refractivity contribution is 0.0988. The summed E-state index contributed by atoms with van der Waals surface area (Å²) < 4.78 is 10.6. The summed E-state index contributed by atoms with van der Waals surface area (Å²) in [5.41, 5.74) is 3.23. The van der Waals surface area contributed by atoms with Gasteiger partial charge in [0.2, 0.25) is 5.76 Å². The van der Waals surface area contributed by atoms with Gasteiger partial charge in [-0.1, -0.05) is 35.5 Å². The van der Waals surface area contributed by atoms with E-state index < -0.39 is 0 Å². The van der Waals surface area contributed by atoms with Crippen LogP contribution in [0.5, 0.6) is 5.75 Å². The Morgan fingerprint density at radius 3 is 2.57 bits per heavy atom. The predicted molar refractivity (Wildman–Crippen MR) is 109 cm³/mol. The monoisotopic (exact) mass is 391 g/mol. The number of amides is 1. The van der Waals surface area contributed by atoms with E-state index in [0.717, 1.165) is 22.6 Å². The van der Waals surface area contributed by atoms with Crippen molar-refractivity contribution >= 4 is 22.4 Å². The van der Waals surface area contributed by atoms with E-state index in [1.54, 1.807) is 6.07 Å². The van der Waals surface area contributed by atoms with Gasteiger partial charge in [-0.2, -0.15) is 0 Å². The third-order valence-corrected chi connectivity index (χ3v) is 4.75. The van der Waals surface area contributed by atoms with Crippen LogP contribution in [0, 0.1) is 0 Å². The van der Waals surface area contributed by atoms with Crippen LogP contribution in [0.1, 0.15) is 17.5 Å². The Morgan fingerprint density at radius 2 is 1.82 bits per heavy atom.